The number of nitrogens with one attached hydrogen (secondary N) is 1. The van der Waals surface area contributed by atoms with E-state index in [4.69, 9.17) is 9.79 Å². The van der Waals surface area contributed by atoms with Gasteiger partial charge in [0.1, 0.15) is 5.75 Å². The summed E-state index contributed by atoms with van der Waals surface area (Å²) >= 11 is 0. The van der Waals surface area contributed by atoms with Crippen molar-refractivity contribution in [3.05, 3.63) is 41.5 Å². The molecule has 1 heterocycles. The fourth-order valence-corrected chi connectivity index (χ4v) is 2.61. The molecule has 0 saturated carbocycles. The third kappa shape index (κ3) is 1.98. The van der Waals surface area contributed by atoms with E-state index in [1.165, 1.54) is 6.07 Å². The molecule has 0 fully saturated rings. The van der Waals surface area contributed by atoms with Crippen LogP contribution >= 0.6 is 7.82 Å². The summed E-state index contributed by atoms with van der Waals surface area (Å²) in [4.78, 5) is 41.4. The van der Waals surface area contributed by atoms with E-state index < -0.39 is 19.6 Å². The Bertz CT molecular complexity index is 809. The van der Waals surface area contributed by atoms with Crippen molar-refractivity contribution in [2.75, 3.05) is 0 Å². The van der Waals surface area contributed by atoms with Crippen molar-refractivity contribution in [3.8, 4) is 5.75 Å². The summed E-state index contributed by atoms with van der Waals surface area (Å²) in [6.07, 6.45) is 0. The molecule has 2 amide bonds. The molecule has 7 nitrogen and oxygen atoms in total. The number of carbonyl (C=O) groups excluding carboxylic acids is 2. The maximum Gasteiger partial charge on any atom is 0.524 e. The van der Waals surface area contributed by atoms with Gasteiger partial charge in [-0.3, -0.25) is 24.7 Å². The zero-order valence-electron chi connectivity index (χ0n) is 9.86. The first kappa shape index (κ1) is 12.8. The summed E-state index contributed by atoms with van der Waals surface area (Å²) in [6.45, 7) is 0. The molecule has 1 aliphatic rings. The summed E-state index contributed by atoms with van der Waals surface area (Å²) in [6, 6.07) is 8.02. The minimum Gasteiger partial charge on any atom is -0.403 e. The van der Waals surface area contributed by atoms with Gasteiger partial charge in [-0.25, -0.2) is 4.57 Å². The summed E-state index contributed by atoms with van der Waals surface area (Å²) in [7, 11) is -4.84. The second-order valence-corrected chi connectivity index (χ2v) is 5.37. The van der Waals surface area contributed by atoms with Crippen LogP contribution in [0.3, 0.4) is 0 Å². The van der Waals surface area contributed by atoms with Crippen LogP contribution in [0.4, 0.5) is 0 Å². The van der Waals surface area contributed by atoms with Crippen molar-refractivity contribution in [1.29, 1.82) is 0 Å². The average molecular weight is 293 g/mol. The van der Waals surface area contributed by atoms with Gasteiger partial charge in [0.05, 0.1) is 11.1 Å². The highest BCUT2D eigenvalue weighted by Gasteiger charge is 2.34. The lowest BCUT2D eigenvalue weighted by Gasteiger charge is -2.11. The molecule has 102 valence electrons. The number of amides is 2. The SMILES string of the molecule is O=C1NC(=O)c2c1c(OP(=O)(O)O)cc1ccccc21. The topological polar surface area (TPSA) is 113 Å². The highest BCUT2D eigenvalue weighted by molar-refractivity contribution is 7.46. The molecule has 0 saturated heterocycles. The molecular formula is C12H8NO6P. The van der Waals surface area contributed by atoms with Crippen LogP contribution in [0.5, 0.6) is 5.75 Å². The highest BCUT2D eigenvalue weighted by Crippen LogP contribution is 2.43. The van der Waals surface area contributed by atoms with Gasteiger partial charge in [-0.1, -0.05) is 24.3 Å². The van der Waals surface area contributed by atoms with Crippen LogP contribution in [0.1, 0.15) is 20.7 Å². The van der Waals surface area contributed by atoms with Gasteiger partial charge in [0.25, 0.3) is 11.8 Å². The molecule has 20 heavy (non-hydrogen) atoms. The van der Waals surface area contributed by atoms with Crippen molar-refractivity contribution < 1.29 is 28.5 Å². The van der Waals surface area contributed by atoms with Gasteiger partial charge in [-0.05, 0) is 16.8 Å². The van der Waals surface area contributed by atoms with Gasteiger partial charge in [0.15, 0.2) is 0 Å². The summed E-state index contributed by atoms with van der Waals surface area (Å²) in [5.41, 5.74) is -0.0893. The van der Waals surface area contributed by atoms with E-state index in [0.717, 1.165) is 0 Å². The Morgan fingerprint density at radius 1 is 1.05 bits per heavy atom. The van der Waals surface area contributed by atoms with Gasteiger partial charge >= 0.3 is 7.82 Å². The third-order valence-corrected chi connectivity index (χ3v) is 3.35. The molecule has 1 aliphatic heterocycles. The molecule has 0 atom stereocenters. The van der Waals surface area contributed by atoms with E-state index in [1.807, 2.05) is 0 Å². The van der Waals surface area contributed by atoms with Crippen LogP contribution < -0.4 is 9.84 Å². The Kier molecular flexibility index (Phi) is 2.65. The standard InChI is InChI=1S/C12H8NO6P/c14-11-9-7-4-2-1-3-6(7)5-8(19-20(16,17)18)10(9)12(15)13-11/h1-5H,(H,13,14,15)(H2,16,17,18). The second-order valence-electron chi connectivity index (χ2n) is 4.21. The van der Waals surface area contributed by atoms with Gasteiger partial charge in [0, 0.05) is 0 Å². The number of phosphoric ester groups is 1. The van der Waals surface area contributed by atoms with Crippen LogP contribution in [-0.4, -0.2) is 21.6 Å². The summed E-state index contributed by atoms with van der Waals surface area (Å²) in [5.74, 6) is -1.66. The molecule has 0 unspecified atom stereocenters. The number of benzene rings is 2. The fraction of sp³-hybridized carbons (Fsp3) is 0. The molecule has 0 aromatic heterocycles. The number of phosphoric acid groups is 1. The lowest BCUT2D eigenvalue weighted by Crippen LogP contribution is -2.20. The largest absolute Gasteiger partial charge is 0.524 e. The minimum atomic E-state index is -4.84. The molecule has 0 aliphatic carbocycles. The summed E-state index contributed by atoms with van der Waals surface area (Å²) < 4.78 is 15.5. The maximum atomic E-state index is 11.8. The molecule has 0 radical (unpaired) electrons. The van der Waals surface area contributed by atoms with E-state index in [1.54, 1.807) is 24.3 Å². The maximum absolute atomic E-state index is 11.8. The zero-order chi connectivity index (χ0) is 14.5. The first-order chi connectivity index (χ1) is 9.37. The first-order valence-electron chi connectivity index (χ1n) is 5.53. The third-order valence-electron chi connectivity index (χ3n) is 2.91. The lowest BCUT2D eigenvalue weighted by atomic mass is 9.99. The average Bonchev–Trinajstić information content (AvgIpc) is 2.64. The van der Waals surface area contributed by atoms with Crippen molar-refractivity contribution in [2.24, 2.45) is 0 Å². The predicted octanol–water partition coefficient (Wildman–Crippen LogP) is 1.19. The summed E-state index contributed by atoms with van der Waals surface area (Å²) in [5, 5.41) is 3.15. The normalized spacial score (nSPS) is 14.3. The van der Waals surface area contributed by atoms with Gasteiger partial charge in [-0.2, -0.15) is 0 Å². The van der Waals surface area contributed by atoms with E-state index in [0.29, 0.717) is 10.8 Å². The van der Waals surface area contributed by atoms with Gasteiger partial charge in [0.2, 0.25) is 0 Å². The van der Waals surface area contributed by atoms with E-state index >= 15 is 0 Å². The molecule has 2 aromatic rings. The van der Waals surface area contributed by atoms with E-state index in [-0.39, 0.29) is 16.9 Å². The monoisotopic (exact) mass is 293 g/mol. The lowest BCUT2D eigenvalue weighted by molar-refractivity contribution is 0.0880. The predicted molar refractivity (Wildman–Crippen MR) is 68.4 cm³/mol. The minimum absolute atomic E-state index is 0.0663. The number of hydrogen-bond donors (Lipinski definition) is 3. The van der Waals surface area contributed by atoms with E-state index in [9.17, 15) is 14.2 Å². The molecule has 8 heteroatoms. The first-order valence-corrected chi connectivity index (χ1v) is 7.06. The van der Waals surface area contributed by atoms with Crippen LogP contribution in [0.2, 0.25) is 0 Å². The molecule has 3 rings (SSSR count). The van der Waals surface area contributed by atoms with Crippen molar-refractivity contribution in [2.45, 2.75) is 0 Å². The van der Waals surface area contributed by atoms with Crippen LogP contribution in [0.25, 0.3) is 10.8 Å². The number of carbonyl (C=O) groups is 2. The number of rotatable bonds is 2. The number of fused-ring (bicyclic) bond motifs is 3. The second kappa shape index (κ2) is 4.14. The van der Waals surface area contributed by atoms with E-state index in [2.05, 4.69) is 9.84 Å². The van der Waals surface area contributed by atoms with Crippen LogP contribution in [0, 0.1) is 0 Å². The van der Waals surface area contributed by atoms with Crippen molar-refractivity contribution in [1.82, 2.24) is 5.32 Å². The van der Waals surface area contributed by atoms with Crippen LogP contribution in [-0.2, 0) is 4.57 Å². The Morgan fingerprint density at radius 3 is 2.40 bits per heavy atom. The Morgan fingerprint density at radius 2 is 1.70 bits per heavy atom. The van der Waals surface area contributed by atoms with Crippen LogP contribution in [0.15, 0.2) is 30.3 Å². The molecule has 0 spiro atoms. The van der Waals surface area contributed by atoms with Gasteiger partial charge in [-0.15, -0.1) is 0 Å². The number of hydrogen-bond acceptors (Lipinski definition) is 4. The Hall–Kier alpha value is -2.21. The van der Waals surface area contributed by atoms with Gasteiger partial charge < -0.3 is 4.52 Å². The fourth-order valence-electron chi connectivity index (χ4n) is 2.21. The molecule has 0 bridgehead atoms. The highest BCUT2D eigenvalue weighted by atomic mass is 31.2. The van der Waals surface area contributed by atoms with Crippen molar-refractivity contribution in [3.63, 3.8) is 0 Å². The smallest absolute Gasteiger partial charge is 0.403 e. The molecule has 3 N–H and O–H groups in total. The molecule has 2 aromatic carbocycles. The quantitative estimate of drug-likeness (QED) is 0.566. The Balaban J connectivity index is 2.37. The Labute approximate surface area is 112 Å². The van der Waals surface area contributed by atoms with Crippen molar-refractivity contribution >= 4 is 30.4 Å². The zero-order valence-corrected chi connectivity index (χ0v) is 10.8. The molecular weight excluding hydrogens is 285 g/mol. The number of imide groups is 1.